The maximum atomic E-state index is 13.6. The highest BCUT2D eigenvalue weighted by molar-refractivity contribution is 5.81. The molecule has 0 saturated carbocycles. The number of carboxylic acids is 2. The Morgan fingerprint density at radius 2 is 0.959 bits per heavy atom. The minimum atomic E-state index is -1.87. The van der Waals surface area contributed by atoms with Crippen LogP contribution in [-0.4, -0.2) is 57.4 Å². The molecule has 0 saturated heterocycles. The first-order valence-corrected chi connectivity index (χ1v) is 13.9. The van der Waals surface area contributed by atoms with Crippen LogP contribution in [0.2, 0.25) is 0 Å². The largest absolute Gasteiger partial charge is 0.519 e. The number of rotatable bonds is 5. The van der Waals surface area contributed by atoms with Crippen LogP contribution in [0.4, 0.5) is 31.9 Å². The molecule has 0 aliphatic carbocycles. The number of carbonyl (C=O) groups excluding carboxylic acids is 3. The number of aliphatic carboxylic acids is 2. The summed E-state index contributed by atoms with van der Waals surface area (Å²) in [7, 11) is 0. The fourth-order valence-corrected chi connectivity index (χ4v) is 3.01. The Hall–Kier alpha value is -4.93. The summed E-state index contributed by atoms with van der Waals surface area (Å²) < 4.78 is 71.5. The first kappa shape index (κ1) is 46.2. The number of hydrogen-bond acceptors (Lipinski definition) is 10. The molecule has 2 rings (SSSR count). The molecule has 2 atom stereocenters. The highest BCUT2D eigenvalue weighted by Gasteiger charge is 2.30. The minimum Gasteiger partial charge on any atom is -0.480 e. The lowest BCUT2D eigenvalue weighted by Gasteiger charge is -2.22. The summed E-state index contributed by atoms with van der Waals surface area (Å²) in [5.74, 6) is -7.09. The zero-order valence-electron chi connectivity index (χ0n) is 27.8. The van der Waals surface area contributed by atoms with Gasteiger partial charge in [0.25, 0.3) is 0 Å². The molecule has 2 aromatic carbocycles. The normalized spacial score (nSPS) is 12.1. The van der Waals surface area contributed by atoms with Gasteiger partial charge < -0.3 is 40.2 Å². The monoisotopic (exact) mass is 708 g/mol. The van der Waals surface area contributed by atoms with Gasteiger partial charge in [0, 0.05) is 0 Å². The highest BCUT2D eigenvalue weighted by Crippen LogP contribution is 2.22. The molecule has 13 nitrogen and oxygen atoms in total. The molecule has 0 aliphatic heterocycles. The van der Waals surface area contributed by atoms with Crippen molar-refractivity contribution in [2.75, 3.05) is 0 Å². The van der Waals surface area contributed by atoms with Gasteiger partial charge in [-0.2, -0.15) is 0 Å². The van der Waals surface area contributed by atoms with Gasteiger partial charge in [-0.3, -0.25) is 4.79 Å². The number of carboxylic acid groups (broad SMARTS) is 2. The molecule has 0 fully saturated rings. The van der Waals surface area contributed by atoms with Crippen LogP contribution in [0, 0.1) is 23.3 Å². The fourth-order valence-electron chi connectivity index (χ4n) is 3.01. The second-order valence-electron chi connectivity index (χ2n) is 12.5. The smallest absolute Gasteiger partial charge is 0.480 e. The number of nitrogens with one attached hydrogen (secondary N) is 1. The van der Waals surface area contributed by atoms with E-state index in [1.165, 1.54) is 0 Å². The molecule has 2 unspecified atom stereocenters. The standard InChI is InChI=1S/C13H15F2NO4.C10H18O5.C8H7F2NO2.CH4/c1-13(2,3)20-12(19)16-10(11(17)18)9-7(14)5-4-6-8(9)15;1-9(2,3)14-7(11)13-8(12)15-10(4,5)6;9-4-2-1-3-5(10)6(4)7(11)8(12)13;/h4-6,10H,1-3H3,(H,16,19)(H,17,18);1-6H3;1-3,7H,11H2,(H,12,13);1H4. The molecule has 2 aromatic rings. The molecule has 0 radical (unpaired) electrons. The SMILES string of the molecule is C.CC(C)(C)OC(=O)NC(C(=O)O)c1c(F)cccc1F.CC(C)(C)OC(=O)OC(=O)OC(C)(C)C.NC(C(=O)O)c1c(F)cccc1F. The Bertz CT molecular complexity index is 1380. The van der Waals surface area contributed by atoms with E-state index in [4.69, 9.17) is 30.2 Å². The summed E-state index contributed by atoms with van der Waals surface area (Å²) in [5, 5.41) is 19.4. The topological polar surface area (TPSA) is 201 Å². The third kappa shape index (κ3) is 18.9. The van der Waals surface area contributed by atoms with Crippen molar-refractivity contribution >= 4 is 30.3 Å². The van der Waals surface area contributed by atoms with E-state index in [0.717, 1.165) is 36.4 Å². The molecule has 5 N–H and O–H groups in total. The molecule has 0 aromatic heterocycles. The average Bonchev–Trinajstić information content (AvgIpc) is 2.85. The lowest BCUT2D eigenvalue weighted by Crippen LogP contribution is -2.38. The number of carbonyl (C=O) groups is 5. The lowest BCUT2D eigenvalue weighted by molar-refractivity contribution is -0.140. The van der Waals surface area contributed by atoms with E-state index in [1.54, 1.807) is 62.3 Å². The zero-order chi connectivity index (χ0) is 37.8. The van der Waals surface area contributed by atoms with Crippen LogP contribution in [0.1, 0.15) is 93.0 Å². The van der Waals surface area contributed by atoms with Crippen molar-refractivity contribution in [1.29, 1.82) is 0 Å². The predicted molar refractivity (Wildman–Crippen MR) is 167 cm³/mol. The van der Waals surface area contributed by atoms with Gasteiger partial charge in [-0.25, -0.2) is 36.7 Å². The Morgan fingerprint density at radius 3 is 1.24 bits per heavy atom. The van der Waals surface area contributed by atoms with E-state index in [-0.39, 0.29) is 7.43 Å². The maximum Gasteiger partial charge on any atom is 0.519 e. The molecule has 1 amide bonds. The first-order valence-electron chi connectivity index (χ1n) is 13.9. The Kier molecular flexibility index (Phi) is 18.1. The van der Waals surface area contributed by atoms with Crippen LogP contribution in [0.15, 0.2) is 36.4 Å². The van der Waals surface area contributed by atoms with Crippen LogP contribution in [0.3, 0.4) is 0 Å². The number of nitrogens with two attached hydrogens (primary N) is 1. The van der Waals surface area contributed by atoms with Crippen molar-refractivity contribution in [3.05, 3.63) is 70.8 Å². The maximum absolute atomic E-state index is 13.6. The second kappa shape index (κ2) is 19.2. The molecular formula is C32H44F4N2O11. The first-order chi connectivity index (χ1) is 21.6. The summed E-state index contributed by atoms with van der Waals surface area (Å²) >= 11 is 0. The van der Waals surface area contributed by atoms with Crippen molar-refractivity contribution in [1.82, 2.24) is 5.32 Å². The molecular weight excluding hydrogens is 664 g/mol. The molecule has 0 heterocycles. The van der Waals surface area contributed by atoms with Crippen LogP contribution in [0.5, 0.6) is 0 Å². The van der Waals surface area contributed by atoms with Crippen LogP contribution in [-0.2, 0) is 28.5 Å². The van der Waals surface area contributed by atoms with Crippen molar-refractivity contribution in [2.24, 2.45) is 5.73 Å². The van der Waals surface area contributed by atoms with Crippen LogP contribution >= 0.6 is 0 Å². The van der Waals surface area contributed by atoms with E-state index in [2.05, 4.69) is 4.74 Å². The van der Waals surface area contributed by atoms with E-state index >= 15 is 0 Å². The van der Waals surface area contributed by atoms with Gasteiger partial charge in [-0.15, -0.1) is 0 Å². The quantitative estimate of drug-likeness (QED) is 0.106. The molecule has 276 valence electrons. The van der Waals surface area contributed by atoms with Gasteiger partial charge in [0.15, 0.2) is 6.04 Å². The highest BCUT2D eigenvalue weighted by atomic mass is 19.1. The number of hydrogen-bond donors (Lipinski definition) is 4. The van der Waals surface area contributed by atoms with Crippen LogP contribution in [0.25, 0.3) is 0 Å². The molecule has 17 heteroatoms. The summed E-state index contributed by atoms with van der Waals surface area (Å²) in [5.41, 5.74) is 1.45. The number of amides is 1. The average molecular weight is 709 g/mol. The van der Waals surface area contributed by atoms with E-state index in [1.807, 2.05) is 5.32 Å². The van der Waals surface area contributed by atoms with E-state index in [0.29, 0.717) is 0 Å². The van der Waals surface area contributed by atoms with Crippen molar-refractivity contribution in [3.8, 4) is 0 Å². The minimum absolute atomic E-state index is 0. The van der Waals surface area contributed by atoms with Gasteiger partial charge in [0.1, 0.15) is 46.1 Å². The van der Waals surface area contributed by atoms with Gasteiger partial charge >= 0.3 is 30.3 Å². The Morgan fingerprint density at radius 1 is 0.633 bits per heavy atom. The second-order valence-corrected chi connectivity index (χ2v) is 12.5. The Balaban J connectivity index is 0. The number of benzene rings is 2. The lowest BCUT2D eigenvalue weighted by atomic mass is 10.1. The van der Waals surface area contributed by atoms with E-state index in [9.17, 15) is 41.5 Å². The number of ether oxygens (including phenoxy) is 4. The van der Waals surface area contributed by atoms with Gasteiger partial charge in [0.2, 0.25) is 0 Å². The molecule has 0 bridgehead atoms. The predicted octanol–water partition coefficient (Wildman–Crippen LogP) is 7.17. The van der Waals surface area contributed by atoms with Crippen molar-refractivity contribution in [3.63, 3.8) is 0 Å². The zero-order valence-corrected chi connectivity index (χ0v) is 27.8. The molecule has 0 aliphatic rings. The summed E-state index contributed by atoms with van der Waals surface area (Å²) in [6.07, 6.45) is -3.19. The Labute approximate surface area is 281 Å². The van der Waals surface area contributed by atoms with Gasteiger partial charge in [0.05, 0.1) is 11.1 Å². The van der Waals surface area contributed by atoms with Crippen molar-refractivity contribution in [2.45, 2.75) is 98.6 Å². The summed E-state index contributed by atoms with van der Waals surface area (Å²) in [4.78, 5) is 55.0. The fraction of sp³-hybridized carbons (Fsp3) is 0.469. The summed E-state index contributed by atoms with van der Waals surface area (Å²) in [6, 6.07) is 2.44. The van der Waals surface area contributed by atoms with Crippen LogP contribution < -0.4 is 11.1 Å². The third-order valence-electron chi connectivity index (χ3n) is 4.72. The van der Waals surface area contributed by atoms with E-state index < -0.39 is 93.6 Å². The van der Waals surface area contributed by atoms with Gasteiger partial charge in [-0.1, -0.05) is 19.6 Å². The molecule has 49 heavy (non-hydrogen) atoms. The molecule has 0 spiro atoms. The van der Waals surface area contributed by atoms with Crippen molar-refractivity contribution < 1.29 is 70.7 Å². The number of halogens is 4. The summed E-state index contributed by atoms with van der Waals surface area (Å²) in [6.45, 7) is 14.7. The third-order valence-corrected chi connectivity index (χ3v) is 4.72. The number of alkyl carbamates (subject to hydrolysis) is 1. The van der Waals surface area contributed by atoms with Gasteiger partial charge in [-0.05, 0) is 86.6 Å².